The van der Waals surface area contributed by atoms with Crippen molar-refractivity contribution in [2.75, 3.05) is 20.2 Å². The minimum absolute atomic E-state index is 0.229. The van der Waals surface area contributed by atoms with Crippen molar-refractivity contribution in [2.45, 2.75) is 24.9 Å². The number of methoxy groups -OCH3 is 1. The zero-order valence-corrected chi connectivity index (χ0v) is 13.5. The van der Waals surface area contributed by atoms with E-state index in [-0.39, 0.29) is 23.5 Å². The summed E-state index contributed by atoms with van der Waals surface area (Å²) in [5.74, 6) is -0.0383. The molecular weight excluding hydrogens is 337 g/mol. The van der Waals surface area contributed by atoms with Crippen LogP contribution in [0.15, 0.2) is 24.5 Å². The number of ether oxygens (including phenoxy) is 1. The van der Waals surface area contributed by atoms with Crippen molar-refractivity contribution in [3.8, 4) is 5.88 Å². The Bertz CT molecular complexity index is 760. The Kier molecular flexibility index (Phi) is 4.65. The SMILES string of the molecule is COc1ncccc1C(=O)N1CCC[C@H](c2ncc(C(F)(F)F)[nH]2)C1. The summed E-state index contributed by atoms with van der Waals surface area (Å²) in [7, 11) is 1.43. The summed E-state index contributed by atoms with van der Waals surface area (Å²) in [5, 5.41) is 0. The zero-order chi connectivity index (χ0) is 18.0. The largest absolute Gasteiger partial charge is 0.480 e. The van der Waals surface area contributed by atoms with E-state index in [1.54, 1.807) is 17.0 Å². The van der Waals surface area contributed by atoms with Crippen molar-refractivity contribution in [1.29, 1.82) is 0 Å². The van der Waals surface area contributed by atoms with Crippen LogP contribution in [0, 0.1) is 0 Å². The van der Waals surface area contributed by atoms with E-state index >= 15 is 0 Å². The number of hydrogen-bond acceptors (Lipinski definition) is 4. The van der Waals surface area contributed by atoms with Gasteiger partial charge in [-0.05, 0) is 25.0 Å². The van der Waals surface area contributed by atoms with Crippen molar-refractivity contribution in [1.82, 2.24) is 19.9 Å². The third kappa shape index (κ3) is 3.59. The molecule has 0 bridgehead atoms. The highest BCUT2D eigenvalue weighted by Crippen LogP contribution is 2.31. The number of imidazole rings is 1. The van der Waals surface area contributed by atoms with Crippen LogP contribution in [0.25, 0.3) is 0 Å². The summed E-state index contributed by atoms with van der Waals surface area (Å²) in [6.07, 6.45) is -0.797. The van der Waals surface area contributed by atoms with Crippen LogP contribution >= 0.6 is 0 Å². The first-order valence-corrected chi connectivity index (χ1v) is 7.80. The number of carbonyl (C=O) groups excluding carboxylic acids is 1. The predicted octanol–water partition coefficient (Wildman–Crippen LogP) is 2.85. The normalized spacial score (nSPS) is 18.2. The number of halogens is 3. The van der Waals surface area contributed by atoms with E-state index in [2.05, 4.69) is 15.0 Å². The van der Waals surface area contributed by atoms with Crippen molar-refractivity contribution >= 4 is 5.91 Å². The number of hydrogen-bond donors (Lipinski definition) is 1. The van der Waals surface area contributed by atoms with Gasteiger partial charge in [0.1, 0.15) is 17.1 Å². The lowest BCUT2D eigenvalue weighted by atomic mass is 9.97. The van der Waals surface area contributed by atoms with E-state index in [4.69, 9.17) is 4.74 Å². The first-order valence-electron chi connectivity index (χ1n) is 7.80. The number of nitrogens with one attached hydrogen (secondary N) is 1. The summed E-state index contributed by atoms with van der Waals surface area (Å²) >= 11 is 0. The van der Waals surface area contributed by atoms with Gasteiger partial charge in [0.05, 0.1) is 13.3 Å². The maximum Gasteiger partial charge on any atom is 0.432 e. The molecule has 3 heterocycles. The fourth-order valence-electron chi connectivity index (χ4n) is 2.96. The molecule has 1 saturated heterocycles. The lowest BCUT2D eigenvalue weighted by molar-refractivity contribution is -0.141. The second-order valence-corrected chi connectivity index (χ2v) is 5.83. The Morgan fingerprint density at radius 2 is 2.20 bits per heavy atom. The second kappa shape index (κ2) is 6.73. The monoisotopic (exact) mass is 354 g/mol. The fourth-order valence-corrected chi connectivity index (χ4v) is 2.96. The van der Waals surface area contributed by atoms with Crippen LogP contribution in [-0.4, -0.2) is 46.0 Å². The van der Waals surface area contributed by atoms with Gasteiger partial charge in [0.15, 0.2) is 0 Å². The van der Waals surface area contributed by atoms with Crippen molar-refractivity contribution in [2.24, 2.45) is 0 Å². The maximum atomic E-state index is 12.7. The fraction of sp³-hybridized carbons (Fsp3) is 0.438. The minimum Gasteiger partial charge on any atom is -0.480 e. The summed E-state index contributed by atoms with van der Waals surface area (Å²) in [4.78, 5) is 24.5. The lowest BCUT2D eigenvalue weighted by Crippen LogP contribution is -2.39. The van der Waals surface area contributed by atoms with Crippen molar-refractivity contribution < 1.29 is 22.7 Å². The molecule has 2 aromatic heterocycles. The number of alkyl halides is 3. The van der Waals surface area contributed by atoms with E-state index in [1.807, 2.05) is 0 Å². The Morgan fingerprint density at radius 3 is 2.88 bits per heavy atom. The van der Waals surface area contributed by atoms with E-state index in [1.165, 1.54) is 13.3 Å². The molecule has 1 amide bonds. The Labute approximate surface area is 142 Å². The van der Waals surface area contributed by atoms with E-state index in [0.29, 0.717) is 31.5 Å². The first-order chi connectivity index (χ1) is 11.9. The number of piperidine rings is 1. The molecule has 0 spiro atoms. The summed E-state index contributed by atoms with van der Waals surface area (Å²) in [6, 6.07) is 3.26. The van der Waals surface area contributed by atoms with Gasteiger partial charge in [-0.1, -0.05) is 0 Å². The molecule has 9 heteroatoms. The predicted molar refractivity (Wildman–Crippen MR) is 82.3 cm³/mol. The zero-order valence-electron chi connectivity index (χ0n) is 13.5. The Morgan fingerprint density at radius 1 is 1.40 bits per heavy atom. The number of pyridine rings is 1. The number of carbonyl (C=O) groups is 1. The van der Waals surface area contributed by atoms with Crippen LogP contribution < -0.4 is 4.74 Å². The molecule has 0 aromatic carbocycles. The number of rotatable bonds is 3. The lowest BCUT2D eigenvalue weighted by Gasteiger charge is -2.32. The van der Waals surface area contributed by atoms with Crippen LogP contribution in [0.1, 0.15) is 40.6 Å². The third-order valence-electron chi connectivity index (χ3n) is 4.19. The smallest absolute Gasteiger partial charge is 0.432 e. The second-order valence-electron chi connectivity index (χ2n) is 5.83. The van der Waals surface area contributed by atoms with Crippen LogP contribution in [0.3, 0.4) is 0 Å². The molecule has 1 aliphatic rings. The Hall–Kier alpha value is -2.58. The standard InChI is InChI=1S/C16H17F3N4O2/c1-25-14-11(5-2-6-20-14)15(24)23-7-3-4-10(9-23)13-21-8-12(22-13)16(17,18)19/h2,5-6,8,10H,3-4,7,9H2,1H3,(H,21,22)/t10-/m0/s1. The molecule has 3 rings (SSSR count). The van der Waals surface area contributed by atoms with Gasteiger partial charge in [0.2, 0.25) is 5.88 Å². The highest BCUT2D eigenvalue weighted by Gasteiger charge is 2.35. The number of nitrogens with zero attached hydrogens (tertiary/aromatic N) is 3. The quantitative estimate of drug-likeness (QED) is 0.920. The molecule has 134 valence electrons. The van der Waals surface area contributed by atoms with Gasteiger partial charge in [0.25, 0.3) is 5.91 Å². The highest BCUT2D eigenvalue weighted by molar-refractivity contribution is 5.96. The number of aromatic nitrogens is 3. The number of H-pyrrole nitrogens is 1. The molecule has 1 aliphatic heterocycles. The van der Waals surface area contributed by atoms with Crippen LogP contribution in [-0.2, 0) is 6.18 Å². The van der Waals surface area contributed by atoms with Gasteiger partial charge >= 0.3 is 6.18 Å². The topological polar surface area (TPSA) is 71.1 Å². The third-order valence-corrected chi connectivity index (χ3v) is 4.19. The van der Waals surface area contributed by atoms with E-state index < -0.39 is 11.9 Å². The number of likely N-dealkylation sites (tertiary alicyclic amines) is 1. The van der Waals surface area contributed by atoms with Gasteiger partial charge < -0.3 is 14.6 Å². The molecule has 1 N–H and O–H groups in total. The van der Waals surface area contributed by atoms with Crippen LogP contribution in [0.2, 0.25) is 0 Å². The molecule has 0 unspecified atom stereocenters. The molecule has 0 radical (unpaired) electrons. The van der Waals surface area contributed by atoms with Crippen molar-refractivity contribution in [3.05, 3.63) is 41.6 Å². The highest BCUT2D eigenvalue weighted by atomic mass is 19.4. The molecular formula is C16H17F3N4O2. The number of aromatic amines is 1. The number of amides is 1. The van der Waals surface area contributed by atoms with Crippen LogP contribution in [0.4, 0.5) is 13.2 Å². The molecule has 1 fully saturated rings. The van der Waals surface area contributed by atoms with Crippen LogP contribution in [0.5, 0.6) is 5.88 Å². The van der Waals surface area contributed by atoms with Gasteiger partial charge in [-0.25, -0.2) is 9.97 Å². The molecule has 25 heavy (non-hydrogen) atoms. The van der Waals surface area contributed by atoms with E-state index in [0.717, 1.165) is 6.20 Å². The summed E-state index contributed by atoms with van der Waals surface area (Å²) in [5.41, 5.74) is -0.541. The average molecular weight is 354 g/mol. The molecule has 6 nitrogen and oxygen atoms in total. The first kappa shape index (κ1) is 17.2. The van der Waals surface area contributed by atoms with Gasteiger partial charge in [-0.3, -0.25) is 4.79 Å². The molecule has 2 aromatic rings. The molecule has 0 aliphatic carbocycles. The summed E-state index contributed by atoms with van der Waals surface area (Å²) < 4.78 is 43.3. The van der Waals surface area contributed by atoms with Crippen molar-refractivity contribution in [3.63, 3.8) is 0 Å². The van der Waals surface area contributed by atoms with E-state index in [9.17, 15) is 18.0 Å². The Balaban J connectivity index is 1.77. The molecule has 0 saturated carbocycles. The van der Waals surface area contributed by atoms with Gasteiger partial charge in [0, 0.05) is 25.2 Å². The average Bonchev–Trinajstić information content (AvgIpc) is 3.12. The van der Waals surface area contributed by atoms with Gasteiger partial charge in [-0.15, -0.1) is 0 Å². The molecule has 1 atom stereocenters. The summed E-state index contributed by atoms with van der Waals surface area (Å²) in [6.45, 7) is 0.821. The maximum absolute atomic E-state index is 12.7. The van der Waals surface area contributed by atoms with Gasteiger partial charge in [-0.2, -0.15) is 13.2 Å². The minimum atomic E-state index is -4.46.